The maximum absolute atomic E-state index is 14.8. The van der Waals surface area contributed by atoms with Gasteiger partial charge in [0, 0.05) is 23.4 Å². The van der Waals surface area contributed by atoms with Crippen LogP contribution >= 0.6 is 0 Å². The van der Waals surface area contributed by atoms with E-state index in [1.54, 1.807) is 31.2 Å². The van der Waals surface area contributed by atoms with Crippen LogP contribution in [0.1, 0.15) is 40.2 Å². The van der Waals surface area contributed by atoms with E-state index < -0.39 is 26.0 Å². The van der Waals surface area contributed by atoms with Crippen LogP contribution in [0, 0.1) is 5.82 Å². The highest BCUT2D eigenvalue weighted by Crippen LogP contribution is 2.38. The van der Waals surface area contributed by atoms with E-state index in [0.29, 0.717) is 16.9 Å². The molecule has 0 aliphatic carbocycles. The Hall–Kier alpha value is -2.65. The molecule has 7 nitrogen and oxygen atoms in total. The fourth-order valence-corrected chi connectivity index (χ4v) is 4.61. The number of halogens is 1. The second-order valence-electron chi connectivity index (χ2n) is 8.79. The van der Waals surface area contributed by atoms with Crippen LogP contribution < -0.4 is 9.47 Å². The zero-order valence-electron chi connectivity index (χ0n) is 18.6. The van der Waals surface area contributed by atoms with E-state index in [4.69, 9.17) is 9.47 Å². The van der Waals surface area contributed by atoms with Crippen molar-refractivity contribution in [3.63, 3.8) is 0 Å². The lowest BCUT2D eigenvalue weighted by Gasteiger charge is -2.22. The van der Waals surface area contributed by atoms with Gasteiger partial charge in [-0.15, -0.1) is 0 Å². The second kappa shape index (κ2) is 7.49. The van der Waals surface area contributed by atoms with E-state index in [1.807, 2.05) is 0 Å². The van der Waals surface area contributed by atoms with Gasteiger partial charge < -0.3 is 14.6 Å². The maximum Gasteiger partial charge on any atom is 0.188 e. The minimum absolute atomic E-state index is 0.00550. The molecule has 0 bridgehead atoms. The third-order valence-electron chi connectivity index (χ3n) is 5.09. The molecule has 2 heterocycles. The van der Waals surface area contributed by atoms with Crippen molar-refractivity contribution in [3.05, 3.63) is 42.0 Å². The van der Waals surface area contributed by atoms with Gasteiger partial charge in [0.15, 0.2) is 21.4 Å². The van der Waals surface area contributed by atoms with Gasteiger partial charge in [-0.2, -0.15) is 0 Å². The molecule has 9 heteroatoms. The van der Waals surface area contributed by atoms with Crippen LogP contribution in [-0.2, 0) is 15.4 Å². The summed E-state index contributed by atoms with van der Waals surface area (Å²) < 4.78 is 52.1. The van der Waals surface area contributed by atoms with Gasteiger partial charge in [-0.05, 0) is 46.8 Å². The Bertz CT molecular complexity index is 1250. The molecule has 0 amide bonds. The number of sulfone groups is 1. The van der Waals surface area contributed by atoms with Crippen LogP contribution in [0.2, 0.25) is 0 Å². The molecule has 31 heavy (non-hydrogen) atoms. The van der Waals surface area contributed by atoms with Crippen LogP contribution in [-0.4, -0.2) is 41.9 Å². The highest BCUT2D eigenvalue weighted by molar-refractivity contribution is 7.92. The van der Waals surface area contributed by atoms with Crippen molar-refractivity contribution in [2.75, 3.05) is 14.2 Å². The summed E-state index contributed by atoms with van der Waals surface area (Å²) in [7, 11) is -1.02. The molecule has 0 saturated heterocycles. The van der Waals surface area contributed by atoms with Gasteiger partial charge in [-0.1, -0.05) is 0 Å². The lowest BCUT2D eigenvalue weighted by Crippen LogP contribution is -2.28. The van der Waals surface area contributed by atoms with Gasteiger partial charge in [0.05, 0.1) is 36.5 Å². The summed E-state index contributed by atoms with van der Waals surface area (Å²) in [4.78, 5) is 4.33. The minimum Gasteiger partial charge on any atom is -0.495 e. The first-order valence-electron chi connectivity index (χ1n) is 9.63. The normalized spacial score (nSPS) is 12.9. The van der Waals surface area contributed by atoms with Gasteiger partial charge in [0.2, 0.25) is 0 Å². The zero-order chi connectivity index (χ0) is 23.4. The molecule has 0 radical (unpaired) electrons. The Morgan fingerprint density at radius 1 is 1.06 bits per heavy atom. The van der Waals surface area contributed by atoms with Gasteiger partial charge in [-0.3, -0.25) is 4.40 Å². The van der Waals surface area contributed by atoms with Gasteiger partial charge in [0.25, 0.3) is 0 Å². The number of benzene rings is 1. The third-order valence-corrected chi connectivity index (χ3v) is 7.59. The smallest absolute Gasteiger partial charge is 0.188 e. The van der Waals surface area contributed by atoms with Crippen molar-refractivity contribution in [3.8, 4) is 22.8 Å². The van der Waals surface area contributed by atoms with E-state index in [0.717, 1.165) is 0 Å². The van der Waals surface area contributed by atoms with Crippen LogP contribution in [0.15, 0.2) is 35.5 Å². The Labute approximate surface area is 181 Å². The number of fused-ring (bicyclic) bond motifs is 1. The van der Waals surface area contributed by atoms with E-state index in [-0.39, 0.29) is 22.0 Å². The Morgan fingerprint density at radius 2 is 1.71 bits per heavy atom. The average molecular weight is 451 g/mol. The number of aromatic nitrogens is 2. The number of imidazole rings is 1. The molecule has 0 aliphatic rings. The molecule has 0 fully saturated rings. The van der Waals surface area contributed by atoms with E-state index in [9.17, 15) is 17.9 Å². The summed E-state index contributed by atoms with van der Waals surface area (Å²) in [6.07, 6.45) is 2.95. The molecular formula is C22H27FN2O5S. The van der Waals surface area contributed by atoms with Crippen molar-refractivity contribution in [2.24, 2.45) is 0 Å². The second-order valence-corrected chi connectivity index (χ2v) is 11.5. The summed E-state index contributed by atoms with van der Waals surface area (Å²) in [6.45, 7) is 7.88. The lowest BCUT2D eigenvalue weighted by molar-refractivity contribution is 0.0750. The maximum atomic E-state index is 14.8. The zero-order valence-corrected chi connectivity index (χ0v) is 19.5. The lowest BCUT2D eigenvalue weighted by atomic mass is 9.94. The predicted octanol–water partition coefficient (Wildman–Crippen LogP) is 3.96. The number of methoxy groups -OCH3 is 2. The van der Waals surface area contributed by atoms with E-state index in [2.05, 4.69) is 4.98 Å². The first-order valence-corrected chi connectivity index (χ1v) is 11.1. The monoisotopic (exact) mass is 450 g/mol. The highest BCUT2D eigenvalue weighted by Gasteiger charge is 2.34. The van der Waals surface area contributed by atoms with Gasteiger partial charge >= 0.3 is 0 Å². The molecule has 0 saturated carbocycles. The molecule has 1 N–H and O–H groups in total. The molecule has 168 valence electrons. The van der Waals surface area contributed by atoms with Crippen molar-refractivity contribution >= 4 is 15.5 Å². The Morgan fingerprint density at radius 3 is 2.23 bits per heavy atom. The molecule has 0 aliphatic heterocycles. The number of ether oxygens (including phenoxy) is 2. The largest absolute Gasteiger partial charge is 0.495 e. The molecule has 1 aromatic carbocycles. The summed E-state index contributed by atoms with van der Waals surface area (Å²) >= 11 is 0. The molecule has 2 aromatic heterocycles. The predicted molar refractivity (Wildman–Crippen MR) is 116 cm³/mol. The molecular weight excluding hydrogens is 423 g/mol. The first kappa shape index (κ1) is 23.0. The minimum atomic E-state index is -3.75. The number of pyridine rings is 1. The standard InChI is InChI=1S/C22H27FN2O5S/c1-21(2,3)31(27,28)18-12-25-16(11-24-19(25)10-17(18)29-6)13-8-14(22(4,5)26)20(30-7)15(23)9-13/h8-12,26H,1-7H3. The Balaban J connectivity index is 2.34. The first-order chi connectivity index (χ1) is 14.2. The summed E-state index contributed by atoms with van der Waals surface area (Å²) in [5, 5.41) is 10.5. The van der Waals surface area contributed by atoms with E-state index >= 15 is 0 Å². The van der Waals surface area contributed by atoms with Crippen molar-refractivity contribution < 1.29 is 27.4 Å². The summed E-state index contributed by atoms with van der Waals surface area (Å²) in [5.74, 6) is -0.525. The summed E-state index contributed by atoms with van der Waals surface area (Å²) in [5.41, 5.74) is 0.186. The number of aliphatic hydroxyl groups is 1. The topological polar surface area (TPSA) is 90.1 Å². The number of nitrogens with zero attached hydrogens (tertiary/aromatic N) is 2. The number of hydrogen-bond donors (Lipinski definition) is 1. The SMILES string of the molecule is COc1cc2ncc(-c3cc(F)c(OC)c(C(C)(C)O)c3)n2cc1S(=O)(=O)C(C)(C)C. The quantitative estimate of drug-likeness (QED) is 0.633. The van der Waals surface area contributed by atoms with Crippen LogP contribution in [0.4, 0.5) is 4.39 Å². The fraction of sp³-hybridized carbons (Fsp3) is 0.409. The van der Waals surface area contributed by atoms with Crippen LogP contribution in [0.3, 0.4) is 0 Å². The summed E-state index contributed by atoms with van der Waals surface area (Å²) in [6, 6.07) is 4.39. The average Bonchev–Trinajstić information content (AvgIpc) is 3.07. The van der Waals surface area contributed by atoms with Crippen molar-refractivity contribution in [1.82, 2.24) is 9.38 Å². The fourth-order valence-electron chi connectivity index (χ4n) is 3.29. The Kier molecular flexibility index (Phi) is 5.56. The molecule has 0 unspecified atom stereocenters. The number of hydrogen-bond acceptors (Lipinski definition) is 6. The van der Waals surface area contributed by atoms with Gasteiger partial charge in [0.1, 0.15) is 16.3 Å². The highest BCUT2D eigenvalue weighted by atomic mass is 32.2. The van der Waals surface area contributed by atoms with Crippen molar-refractivity contribution in [1.29, 1.82) is 0 Å². The molecule has 0 atom stereocenters. The number of rotatable bonds is 5. The molecule has 0 spiro atoms. The molecule has 3 aromatic rings. The van der Waals surface area contributed by atoms with Crippen LogP contribution in [0.5, 0.6) is 11.5 Å². The third kappa shape index (κ3) is 3.87. The van der Waals surface area contributed by atoms with Crippen molar-refractivity contribution in [2.45, 2.75) is 49.9 Å². The van der Waals surface area contributed by atoms with Gasteiger partial charge in [-0.25, -0.2) is 17.8 Å². The van der Waals surface area contributed by atoms with E-state index in [1.165, 1.54) is 52.6 Å². The van der Waals surface area contributed by atoms with Crippen LogP contribution in [0.25, 0.3) is 16.9 Å². The molecule has 3 rings (SSSR count).